The lowest BCUT2D eigenvalue weighted by Gasteiger charge is -2.09. The quantitative estimate of drug-likeness (QED) is 0.768. The Labute approximate surface area is 73.9 Å². The van der Waals surface area contributed by atoms with Crippen molar-refractivity contribution in [2.45, 2.75) is 6.04 Å². The van der Waals surface area contributed by atoms with Crippen LogP contribution in [0.25, 0.3) is 0 Å². The van der Waals surface area contributed by atoms with Gasteiger partial charge < -0.3 is 11.5 Å². The zero-order valence-corrected chi connectivity index (χ0v) is 7.58. The van der Waals surface area contributed by atoms with E-state index in [-0.39, 0.29) is 6.04 Å². The lowest BCUT2D eigenvalue weighted by molar-refractivity contribution is 0.732. The van der Waals surface area contributed by atoms with Gasteiger partial charge in [-0.25, -0.2) is 0 Å². The summed E-state index contributed by atoms with van der Waals surface area (Å²) in [6, 6.07) is 1.76. The Morgan fingerprint density at radius 2 is 2.36 bits per heavy atom. The van der Waals surface area contributed by atoms with Gasteiger partial charge in [0.1, 0.15) is 0 Å². The molecule has 0 spiro atoms. The summed E-state index contributed by atoms with van der Waals surface area (Å²) < 4.78 is 0.915. The molecule has 1 aromatic rings. The molecule has 0 bridgehead atoms. The van der Waals surface area contributed by atoms with Gasteiger partial charge in [0.05, 0.1) is 0 Å². The van der Waals surface area contributed by atoms with E-state index < -0.39 is 0 Å². The van der Waals surface area contributed by atoms with Crippen LogP contribution in [0.15, 0.2) is 22.9 Å². The first-order valence-electron chi connectivity index (χ1n) is 3.30. The third-order valence-corrected chi connectivity index (χ3v) is 2.12. The second-order valence-electron chi connectivity index (χ2n) is 2.24. The molecule has 0 aliphatic rings. The summed E-state index contributed by atoms with van der Waals surface area (Å²) in [5, 5.41) is 0. The Balaban J connectivity index is 2.93. The number of aromatic nitrogens is 1. The van der Waals surface area contributed by atoms with Gasteiger partial charge in [-0.05, 0) is 27.6 Å². The average Bonchev–Trinajstić information content (AvgIpc) is 2.04. The second kappa shape index (κ2) is 3.80. The van der Waals surface area contributed by atoms with Crippen molar-refractivity contribution in [3.8, 4) is 0 Å². The Bertz CT molecular complexity index is 239. The molecule has 0 aliphatic carbocycles. The summed E-state index contributed by atoms with van der Waals surface area (Å²) >= 11 is 3.34. The highest BCUT2D eigenvalue weighted by molar-refractivity contribution is 9.10. The number of pyridine rings is 1. The number of rotatable bonds is 2. The summed E-state index contributed by atoms with van der Waals surface area (Å²) in [5.74, 6) is 0. The predicted octanol–water partition coefficient (Wildman–Crippen LogP) is 0.803. The van der Waals surface area contributed by atoms with Crippen LogP contribution in [0.2, 0.25) is 0 Å². The summed E-state index contributed by atoms with van der Waals surface area (Å²) in [6.45, 7) is 0.447. The molecule has 3 nitrogen and oxygen atoms in total. The average molecular weight is 216 g/mol. The number of hydrogen-bond donors (Lipinski definition) is 2. The maximum absolute atomic E-state index is 5.71. The van der Waals surface area contributed by atoms with E-state index in [9.17, 15) is 0 Å². The van der Waals surface area contributed by atoms with Crippen LogP contribution in [0.3, 0.4) is 0 Å². The molecule has 4 N–H and O–H groups in total. The molecule has 1 rings (SSSR count). The first kappa shape index (κ1) is 8.64. The van der Waals surface area contributed by atoms with Crippen molar-refractivity contribution in [1.29, 1.82) is 0 Å². The highest BCUT2D eigenvalue weighted by atomic mass is 79.9. The van der Waals surface area contributed by atoms with Crippen LogP contribution in [0, 0.1) is 0 Å². The smallest absolute Gasteiger partial charge is 0.0431 e. The fourth-order valence-corrected chi connectivity index (χ4v) is 1.36. The van der Waals surface area contributed by atoms with Gasteiger partial charge in [0, 0.05) is 29.5 Å². The third kappa shape index (κ3) is 1.99. The van der Waals surface area contributed by atoms with Crippen LogP contribution < -0.4 is 11.5 Å². The molecule has 0 fully saturated rings. The predicted molar refractivity (Wildman–Crippen MR) is 47.9 cm³/mol. The molecule has 1 unspecified atom stereocenters. The molecule has 1 atom stereocenters. The van der Waals surface area contributed by atoms with Crippen LogP contribution in [0.1, 0.15) is 11.6 Å². The lowest BCUT2D eigenvalue weighted by atomic mass is 10.1. The topological polar surface area (TPSA) is 64.9 Å². The summed E-state index contributed by atoms with van der Waals surface area (Å²) in [7, 11) is 0. The standard InChI is InChI=1S/C7H10BrN3/c8-6-4-11-2-1-5(6)7(10)3-9/h1-2,4,7H,3,9-10H2. The van der Waals surface area contributed by atoms with E-state index in [1.807, 2.05) is 6.07 Å². The number of hydrogen-bond acceptors (Lipinski definition) is 3. The van der Waals surface area contributed by atoms with Crippen molar-refractivity contribution in [1.82, 2.24) is 4.98 Å². The van der Waals surface area contributed by atoms with E-state index in [1.165, 1.54) is 0 Å². The van der Waals surface area contributed by atoms with Crippen LogP contribution in [-0.4, -0.2) is 11.5 Å². The molecule has 0 aromatic carbocycles. The van der Waals surface area contributed by atoms with Crippen molar-refractivity contribution in [2.24, 2.45) is 11.5 Å². The van der Waals surface area contributed by atoms with Gasteiger partial charge in [0.2, 0.25) is 0 Å². The second-order valence-corrected chi connectivity index (χ2v) is 3.09. The molecule has 60 valence electrons. The molecule has 1 aromatic heterocycles. The number of nitrogens with zero attached hydrogens (tertiary/aromatic N) is 1. The van der Waals surface area contributed by atoms with Crippen LogP contribution in [0.5, 0.6) is 0 Å². The third-order valence-electron chi connectivity index (χ3n) is 1.46. The molecule has 11 heavy (non-hydrogen) atoms. The minimum Gasteiger partial charge on any atom is -0.329 e. The Morgan fingerprint density at radius 1 is 1.64 bits per heavy atom. The maximum Gasteiger partial charge on any atom is 0.0431 e. The molecule has 0 amide bonds. The monoisotopic (exact) mass is 215 g/mol. The van der Waals surface area contributed by atoms with Gasteiger partial charge in [0.25, 0.3) is 0 Å². The normalized spacial score (nSPS) is 13.0. The first-order chi connectivity index (χ1) is 5.25. The van der Waals surface area contributed by atoms with E-state index in [1.54, 1.807) is 12.4 Å². The molecule has 4 heteroatoms. The van der Waals surface area contributed by atoms with Crippen molar-refractivity contribution in [2.75, 3.05) is 6.54 Å². The van der Waals surface area contributed by atoms with Crippen molar-refractivity contribution in [3.63, 3.8) is 0 Å². The molecule has 0 radical (unpaired) electrons. The van der Waals surface area contributed by atoms with E-state index >= 15 is 0 Å². The molecule has 1 heterocycles. The van der Waals surface area contributed by atoms with E-state index in [2.05, 4.69) is 20.9 Å². The number of nitrogens with two attached hydrogens (primary N) is 2. The zero-order chi connectivity index (χ0) is 8.27. The highest BCUT2D eigenvalue weighted by Crippen LogP contribution is 2.19. The summed E-state index contributed by atoms with van der Waals surface area (Å²) in [4.78, 5) is 3.92. The maximum atomic E-state index is 5.71. The molecule has 0 saturated carbocycles. The Hall–Kier alpha value is -0.450. The first-order valence-corrected chi connectivity index (χ1v) is 4.10. The van der Waals surface area contributed by atoms with Crippen molar-refractivity contribution >= 4 is 15.9 Å². The highest BCUT2D eigenvalue weighted by Gasteiger charge is 2.06. The van der Waals surface area contributed by atoms with Crippen LogP contribution >= 0.6 is 15.9 Å². The molecule has 0 saturated heterocycles. The van der Waals surface area contributed by atoms with E-state index in [0.717, 1.165) is 10.0 Å². The van der Waals surface area contributed by atoms with Gasteiger partial charge in [-0.1, -0.05) is 0 Å². The van der Waals surface area contributed by atoms with E-state index in [4.69, 9.17) is 11.5 Å². The van der Waals surface area contributed by atoms with Crippen molar-refractivity contribution in [3.05, 3.63) is 28.5 Å². The van der Waals surface area contributed by atoms with Gasteiger partial charge in [-0.3, -0.25) is 4.98 Å². The summed E-state index contributed by atoms with van der Waals surface area (Å²) in [6.07, 6.45) is 3.42. The van der Waals surface area contributed by atoms with Gasteiger partial charge in [-0.15, -0.1) is 0 Å². The fraction of sp³-hybridized carbons (Fsp3) is 0.286. The molecular formula is C7H10BrN3. The summed E-state index contributed by atoms with van der Waals surface area (Å²) in [5.41, 5.74) is 12.1. The minimum atomic E-state index is -0.104. The van der Waals surface area contributed by atoms with Gasteiger partial charge in [-0.2, -0.15) is 0 Å². The largest absolute Gasteiger partial charge is 0.329 e. The van der Waals surface area contributed by atoms with Crippen LogP contribution in [-0.2, 0) is 0 Å². The Kier molecular flexibility index (Phi) is 2.99. The Morgan fingerprint density at radius 3 is 2.91 bits per heavy atom. The zero-order valence-electron chi connectivity index (χ0n) is 6.00. The minimum absolute atomic E-state index is 0.104. The molecule has 0 aliphatic heterocycles. The van der Waals surface area contributed by atoms with Gasteiger partial charge in [0.15, 0.2) is 0 Å². The van der Waals surface area contributed by atoms with Crippen molar-refractivity contribution < 1.29 is 0 Å². The fourth-order valence-electron chi connectivity index (χ4n) is 0.814. The SMILES string of the molecule is NCC(N)c1ccncc1Br. The number of halogens is 1. The molecular weight excluding hydrogens is 206 g/mol. The van der Waals surface area contributed by atoms with Gasteiger partial charge >= 0.3 is 0 Å². The lowest BCUT2D eigenvalue weighted by Crippen LogP contribution is -2.21. The van der Waals surface area contributed by atoms with E-state index in [0.29, 0.717) is 6.54 Å². The van der Waals surface area contributed by atoms with Crippen LogP contribution in [0.4, 0.5) is 0 Å².